The molecule has 1 aliphatic rings. The van der Waals surface area contributed by atoms with Gasteiger partial charge in [0.25, 0.3) is 0 Å². The molecule has 0 bridgehead atoms. The highest BCUT2D eigenvalue weighted by Crippen LogP contribution is 2.31. The van der Waals surface area contributed by atoms with Crippen LogP contribution in [0.25, 0.3) is 0 Å². The van der Waals surface area contributed by atoms with E-state index in [-0.39, 0.29) is 0 Å². The molecule has 1 aromatic heterocycles. The third kappa shape index (κ3) is 2.56. The van der Waals surface area contributed by atoms with Crippen LogP contribution in [-0.4, -0.2) is 22.2 Å². The molecule has 1 heterocycles. The Morgan fingerprint density at radius 1 is 1.67 bits per heavy atom. The molecule has 1 fully saturated rings. The van der Waals surface area contributed by atoms with Gasteiger partial charge in [0.15, 0.2) is 0 Å². The van der Waals surface area contributed by atoms with Crippen LogP contribution >= 0.6 is 11.3 Å². The van der Waals surface area contributed by atoms with Crippen LogP contribution < -0.4 is 5.32 Å². The van der Waals surface area contributed by atoms with E-state index in [0.717, 1.165) is 24.3 Å². The summed E-state index contributed by atoms with van der Waals surface area (Å²) in [5.41, 5.74) is -0.437. The summed E-state index contributed by atoms with van der Waals surface area (Å²) in [5, 5.41) is 14.4. The first-order valence-electron chi connectivity index (χ1n) is 5.47. The normalized spacial score (nSPS) is 21.0. The zero-order valence-electron chi connectivity index (χ0n) is 9.29. The van der Waals surface area contributed by atoms with Gasteiger partial charge in [0.05, 0.1) is 10.6 Å². The van der Waals surface area contributed by atoms with Crippen molar-refractivity contribution >= 4 is 11.3 Å². The largest absolute Gasteiger partial charge is 0.389 e. The predicted octanol–water partition coefficient (Wildman–Crippen LogP) is 2.02. The average Bonchev–Trinajstić information content (AvgIpc) is 2.58. The summed E-state index contributed by atoms with van der Waals surface area (Å²) in [6, 6.07) is 0.292. The first-order valence-corrected chi connectivity index (χ1v) is 6.29. The molecular weight excluding hydrogens is 208 g/mol. The van der Waals surface area contributed by atoms with E-state index in [9.17, 15) is 5.11 Å². The third-order valence-electron chi connectivity index (χ3n) is 3.09. The Kier molecular flexibility index (Phi) is 3.09. The molecule has 2 N–H and O–H groups in total. The first kappa shape index (κ1) is 11.0. The Morgan fingerprint density at radius 3 is 2.87 bits per heavy atom. The van der Waals surface area contributed by atoms with E-state index in [1.54, 1.807) is 11.3 Å². The molecule has 4 heteroatoms. The van der Waals surface area contributed by atoms with E-state index < -0.39 is 5.60 Å². The van der Waals surface area contributed by atoms with Crippen molar-refractivity contribution in [1.82, 2.24) is 10.3 Å². The van der Waals surface area contributed by atoms with Crippen LogP contribution in [-0.2, 0) is 0 Å². The van der Waals surface area contributed by atoms with Gasteiger partial charge in [-0.3, -0.25) is 0 Å². The maximum Gasteiger partial charge on any atom is 0.0897 e. The van der Waals surface area contributed by atoms with E-state index in [1.807, 2.05) is 13.1 Å². The van der Waals surface area contributed by atoms with Crippen molar-refractivity contribution in [2.45, 2.75) is 44.8 Å². The summed E-state index contributed by atoms with van der Waals surface area (Å²) in [6.07, 6.45) is 4.96. The Labute approximate surface area is 94.5 Å². The van der Waals surface area contributed by atoms with Crippen molar-refractivity contribution in [3.63, 3.8) is 0 Å². The van der Waals surface area contributed by atoms with E-state index in [4.69, 9.17) is 0 Å². The van der Waals surface area contributed by atoms with E-state index in [0.29, 0.717) is 12.6 Å². The van der Waals surface area contributed by atoms with Crippen LogP contribution in [0, 0.1) is 6.92 Å². The zero-order valence-corrected chi connectivity index (χ0v) is 10.1. The molecule has 0 saturated heterocycles. The van der Waals surface area contributed by atoms with Crippen molar-refractivity contribution < 1.29 is 5.11 Å². The third-order valence-corrected chi connectivity index (χ3v) is 4.18. The number of aromatic nitrogens is 1. The maximum absolute atomic E-state index is 9.94. The summed E-state index contributed by atoms with van der Waals surface area (Å²) in [5.74, 6) is 0. The van der Waals surface area contributed by atoms with Crippen molar-refractivity contribution in [1.29, 1.82) is 0 Å². The van der Waals surface area contributed by atoms with Gasteiger partial charge in [-0.2, -0.15) is 0 Å². The lowest BCUT2D eigenvalue weighted by atomic mass is 9.80. The van der Waals surface area contributed by atoms with Gasteiger partial charge >= 0.3 is 0 Å². The van der Waals surface area contributed by atoms with Crippen LogP contribution in [0.3, 0.4) is 0 Å². The molecule has 2 rings (SSSR count). The number of rotatable bonds is 4. The lowest BCUT2D eigenvalue weighted by Crippen LogP contribution is -2.46. The molecule has 0 amide bonds. The SMILES string of the molecule is Cc1ncc(C(C)NCC2(O)CCC2)s1. The summed E-state index contributed by atoms with van der Waals surface area (Å²) < 4.78 is 0. The number of aliphatic hydroxyl groups is 1. The fraction of sp³-hybridized carbons (Fsp3) is 0.727. The van der Waals surface area contributed by atoms with Crippen LogP contribution in [0.1, 0.15) is 42.1 Å². The Hall–Kier alpha value is -0.450. The number of hydrogen-bond donors (Lipinski definition) is 2. The Morgan fingerprint density at radius 2 is 2.40 bits per heavy atom. The second-order valence-electron chi connectivity index (χ2n) is 4.46. The summed E-state index contributed by atoms with van der Waals surface area (Å²) in [6.45, 7) is 4.83. The molecule has 0 aromatic carbocycles. The molecule has 0 spiro atoms. The van der Waals surface area contributed by atoms with Gasteiger partial charge in [-0.25, -0.2) is 4.98 Å². The topological polar surface area (TPSA) is 45.2 Å². The summed E-state index contributed by atoms with van der Waals surface area (Å²) in [4.78, 5) is 5.48. The quantitative estimate of drug-likeness (QED) is 0.825. The van der Waals surface area contributed by atoms with Crippen molar-refractivity contribution in [3.05, 3.63) is 16.1 Å². The molecule has 15 heavy (non-hydrogen) atoms. The highest BCUT2D eigenvalue weighted by atomic mass is 32.1. The second-order valence-corrected chi connectivity index (χ2v) is 5.73. The number of nitrogens with one attached hydrogen (secondary N) is 1. The number of nitrogens with zero attached hydrogens (tertiary/aromatic N) is 1. The van der Waals surface area contributed by atoms with E-state index in [2.05, 4.69) is 17.2 Å². The molecule has 1 atom stereocenters. The van der Waals surface area contributed by atoms with Gasteiger partial charge in [-0.15, -0.1) is 11.3 Å². The lowest BCUT2D eigenvalue weighted by Gasteiger charge is -2.37. The molecule has 1 saturated carbocycles. The zero-order chi connectivity index (χ0) is 10.9. The molecule has 0 radical (unpaired) electrons. The first-order chi connectivity index (χ1) is 7.09. The Balaban J connectivity index is 1.84. The minimum atomic E-state index is -0.437. The number of aryl methyl sites for hydroxylation is 1. The van der Waals surface area contributed by atoms with Crippen LogP contribution in [0.2, 0.25) is 0 Å². The van der Waals surface area contributed by atoms with Gasteiger partial charge in [-0.05, 0) is 33.1 Å². The minimum absolute atomic E-state index is 0.292. The lowest BCUT2D eigenvalue weighted by molar-refractivity contribution is -0.0328. The van der Waals surface area contributed by atoms with Crippen LogP contribution in [0.5, 0.6) is 0 Å². The molecule has 1 aliphatic carbocycles. The van der Waals surface area contributed by atoms with Crippen molar-refractivity contribution in [2.75, 3.05) is 6.54 Å². The predicted molar refractivity (Wildman–Crippen MR) is 62.1 cm³/mol. The molecule has 1 unspecified atom stereocenters. The average molecular weight is 226 g/mol. The van der Waals surface area contributed by atoms with Gasteiger partial charge < -0.3 is 10.4 Å². The van der Waals surface area contributed by atoms with E-state index in [1.165, 1.54) is 4.88 Å². The van der Waals surface area contributed by atoms with Crippen LogP contribution in [0.4, 0.5) is 0 Å². The highest BCUT2D eigenvalue weighted by molar-refractivity contribution is 7.11. The smallest absolute Gasteiger partial charge is 0.0897 e. The van der Waals surface area contributed by atoms with Crippen molar-refractivity contribution in [2.24, 2.45) is 0 Å². The molecular formula is C11H18N2OS. The van der Waals surface area contributed by atoms with Gasteiger partial charge in [0.2, 0.25) is 0 Å². The molecule has 1 aromatic rings. The number of hydrogen-bond acceptors (Lipinski definition) is 4. The second kappa shape index (κ2) is 4.20. The van der Waals surface area contributed by atoms with Crippen molar-refractivity contribution in [3.8, 4) is 0 Å². The van der Waals surface area contributed by atoms with E-state index >= 15 is 0 Å². The molecule has 0 aliphatic heterocycles. The molecule has 3 nitrogen and oxygen atoms in total. The Bertz CT molecular complexity index is 333. The maximum atomic E-state index is 9.94. The fourth-order valence-electron chi connectivity index (χ4n) is 1.78. The fourth-order valence-corrected chi connectivity index (χ4v) is 2.60. The standard InChI is InChI=1S/C11H18N2OS/c1-8(10-6-12-9(2)15-10)13-7-11(14)4-3-5-11/h6,8,13-14H,3-5,7H2,1-2H3. The van der Waals surface area contributed by atoms with Gasteiger partial charge in [-0.1, -0.05) is 0 Å². The summed E-state index contributed by atoms with van der Waals surface area (Å²) >= 11 is 1.72. The number of thiazole rings is 1. The van der Waals surface area contributed by atoms with Gasteiger partial charge in [0.1, 0.15) is 0 Å². The molecule has 84 valence electrons. The van der Waals surface area contributed by atoms with Gasteiger partial charge in [0, 0.05) is 23.7 Å². The minimum Gasteiger partial charge on any atom is -0.389 e. The monoisotopic (exact) mass is 226 g/mol. The summed E-state index contributed by atoms with van der Waals surface area (Å²) in [7, 11) is 0. The highest BCUT2D eigenvalue weighted by Gasteiger charge is 2.34. The van der Waals surface area contributed by atoms with Crippen LogP contribution in [0.15, 0.2) is 6.20 Å².